The third-order valence-electron chi connectivity index (χ3n) is 5.26. The van der Waals surface area contributed by atoms with Crippen molar-refractivity contribution in [3.63, 3.8) is 0 Å². The summed E-state index contributed by atoms with van der Waals surface area (Å²) < 4.78 is 16.7. The van der Waals surface area contributed by atoms with Gasteiger partial charge in [0.1, 0.15) is 0 Å². The Morgan fingerprint density at radius 1 is 0.871 bits per heavy atom. The first-order valence-corrected chi connectivity index (χ1v) is 10.6. The van der Waals surface area contributed by atoms with E-state index < -0.39 is 6.10 Å². The zero-order chi connectivity index (χ0) is 21.5. The van der Waals surface area contributed by atoms with Crippen LogP contribution in [0.4, 0.5) is 0 Å². The highest BCUT2D eigenvalue weighted by Crippen LogP contribution is 2.33. The lowest BCUT2D eigenvalue weighted by molar-refractivity contribution is 0.00712. The molecule has 31 heavy (non-hydrogen) atoms. The Hall–Kier alpha value is -2.86. The third-order valence-corrected chi connectivity index (χ3v) is 5.26. The van der Waals surface area contributed by atoms with Crippen molar-refractivity contribution in [3.05, 3.63) is 95.1 Å². The van der Waals surface area contributed by atoms with Crippen molar-refractivity contribution in [1.29, 1.82) is 0 Å². The van der Waals surface area contributed by atoms with E-state index in [-0.39, 0.29) is 6.79 Å². The number of aliphatic hydroxyl groups is 1. The summed E-state index contributed by atoms with van der Waals surface area (Å²) in [7, 11) is 0. The van der Waals surface area contributed by atoms with Crippen LogP contribution in [-0.2, 0) is 24.4 Å². The maximum absolute atomic E-state index is 10.6. The molecule has 0 saturated carbocycles. The van der Waals surface area contributed by atoms with Crippen LogP contribution < -0.4 is 9.47 Å². The molecule has 1 heterocycles. The Morgan fingerprint density at radius 3 is 2.39 bits per heavy atom. The van der Waals surface area contributed by atoms with Gasteiger partial charge in [-0.25, -0.2) is 0 Å². The largest absolute Gasteiger partial charge is 0.454 e. The minimum Gasteiger partial charge on any atom is -0.454 e. The first-order valence-electron chi connectivity index (χ1n) is 10.6. The molecule has 1 unspecified atom stereocenters. The van der Waals surface area contributed by atoms with Crippen molar-refractivity contribution in [2.45, 2.75) is 32.7 Å². The summed E-state index contributed by atoms with van der Waals surface area (Å²) in [5, 5.41) is 10.6. The van der Waals surface area contributed by atoms with Gasteiger partial charge in [0, 0.05) is 19.6 Å². The van der Waals surface area contributed by atoms with Gasteiger partial charge in [0.15, 0.2) is 11.5 Å². The molecule has 1 atom stereocenters. The monoisotopic (exact) mass is 419 g/mol. The summed E-state index contributed by atoms with van der Waals surface area (Å²) in [4.78, 5) is 2.23. The second-order valence-electron chi connectivity index (χ2n) is 8.00. The van der Waals surface area contributed by atoms with E-state index in [9.17, 15) is 5.11 Å². The van der Waals surface area contributed by atoms with E-state index in [2.05, 4.69) is 36.1 Å². The second-order valence-corrected chi connectivity index (χ2v) is 8.00. The molecule has 1 aliphatic rings. The zero-order valence-electron chi connectivity index (χ0n) is 17.9. The lowest BCUT2D eigenvalue weighted by Gasteiger charge is -2.25. The fraction of sp³-hybridized carbons (Fsp3) is 0.308. The number of aliphatic hydroxyl groups excluding tert-OH is 1. The van der Waals surface area contributed by atoms with Gasteiger partial charge in [-0.3, -0.25) is 4.90 Å². The van der Waals surface area contributed by atoms with E-state index in [1.54, 1.807) is 0 Å². The molecule has 0 aromatic heterocycles. The average molecular weight is 420 g/mol. The molecule has 0 aliphatic carbocycles. The van der Waals surface area contributed by atoms with Gasteiger partial charge < -0.3 is 19.3 Å². The van der Waals surface area contributed by atoms with Crippen LogP contribution in [-0.4, -0.2) is 36.1 Å². The number of nitrogens with zero attached hydrogens (tertiary/aromatic N) is 1. The van der Waals surface area contributed by atoms with Crippen molar-refractivity contribution in [2.24, 2.45) is 0 Å². The molecule has 5 heteroatoms. The van der Waals surface area contributed by atoms with E-state index in [1.807, 2.05) is 48.5 Å². The molecule has 1 aliphatic heterocycles. The van der Waals surface area contributed by atoms with Crippen LogP contribution in [0.2, 0.25) is 0 Å². The molecular weight excluding hydrogens is 390 g/mol. The molecule has 0 fully saturated rings. The van der Waals surface area contributed by atoms with Crippen molar-refractivity contribution >= 4 is 0 Å². The Morgan fingerprint density at radius 2 is 1.58 bits per heavy atom. The van der Waals surface area contributed by atoms with Gasteiger partial charge in [-0.1, -0.05) is 66.2 Å². The second kappa shape index (κ2) is 10.4. The number of benzene rings is 3. The average Bonchev–Trinajstić information content (AvgIpc) is 3.24. The highest BCUT2D eigenvalue weighted by Gasteiger charge is 2.17. The molecule has 5 nitrogen and oxygen atoms in total. The van der Waals surface area contributed by atoms with Gasteiger partial charge in [0.2, 0.25) is 6.79 Å². The van der Waals surface area contributed by atoms with Crippen molar-refractivity contribution in [2.75, 3.05) is 19.9 Å². The minimum atomic E-state index is -0.580. The highest BCUT2D eigenvalue weighted by atomic mass is 16.7. The predicted molar refractivity (Wildman–Crippen MR) is 120 cm³/mol. The lowest BCUT2D eigenvalue weighted by Crippen LogP contribution is -2.34. The van der Waals surface area contributed by atoms with Gasteiger partial charge in [-0.05, 0) is 35.7 Å². The highest BCUT2D eigenvalue weighted by molar-refractivity contribution is 5.44. The van der Waals surface area contributed by atoms with Crippen LogP contribution >= 0.6 is 0 Å². The molecule has 3 aromatic rings. The van der Waals surface area contributed by atoms with Gasteiger partial charge in [0.25, 0.3) is 0 Å². The number of aryl methyl sites for hydroxylation is 1. The quantitative estimate of drug-likeness (QED) is 0.531. The smallest absolute Gasteiger partial charge is 0.231 e. The molecule has 3 aromatic carbocycles. The predicted octanol–water partition coefficient (Wildman–Crippen LogP) is 4.30. The number of hydrogen-bond acceptors (Lipinski definition) is 5. The summed E-state index contributed by atoms with van der Waals surface area (Å²) >= 11 is 0. The Bertz CT molecular complexity index is 959. The minimum absolute atomic E-state index is 0.267. The summed E-state index contributed by atoms with van der Waals surface area (Å²) in [6, 6.07) is 24.5. The number of ether oxygens (including phenoxy) is 3. The lowest BCUT2D eigenvalue weighted by atomic mass is 10.1. The molecule has 0 amide bonds. The van der Waals surface area contributed by atoms with E-state index >= 15 is 0 Å². The van der Waals surface area contributed by atoms with E-state index in [1.165, 1.54) is 11.1 Å². The number of rotatable bonds is 10. The summed E-state index contributed by atoms with van der Waals surface area (Å²) in [5.74, 6) is 1.56. The van der Waals surface area contributed by atoms with Gasteiger partial charge in [0.05, 0.1) is 19.3 Å². The first-order chi connectivity index (χ1) is 15.2. The maximum Gasteiger partial charge on any atom is 0.231 e. The van der Waals surface area contributed by atoms with Crippen LogP contribution in [0.25, 0.3) is 0 Å². The normalized spacial score (nSPS) is 13.5. The zero-order valence-corrected chi connectivity index (χ0v) is 17.9. The fourth-order valence-electron chi connectivity index (χ4n) is 3.67. The molecule has 0 saturated heterocycles. The maximum atomic E-state index is 10.6. The summed E-state index contributed by atoms with van der Waals surface area (Å²) in [6.07, 6.45) is -0.580. The Labute approximate surface area is 183 Å². The Balaban J connectivity index is 1.38. The molecule has 0 bridgehead atoms. The van der Waals surface area contributed by atoms with Crippen LogP contribution in [0.3, 0.4) is 0 Å². The van der Waals surface area contributed by atoms with Crippen molar-refractivity contribution < 1.29 is 19.3 Å². The van der Waals surface area contributed by atoms with Crippen LogP contribution in [0.15, 0.2) is 72.8 Å². The Kier molecular flexibility index (Phi) is 7.20. The molecular formula is C26H29NO4. The standard InChI is InChI=1S/C26H29NO4/c1-20-7-9-21(10-8-20)14-27(15-23-11-12-25-26(13-23)31-19-30-25)16-24(28)18-29-17-22-5-3-2-4-6-22/h2-13,24,28H,14-19H2,1H3. The van der Waals surface area contributed by atoms with Crippen LogP contribution in [0.1, 0.15) is 22.3 Å². The topological polar surface area (TPSA) is 51.2 Å². The van der Waals surface area contributed by atoms with Crippen LogP contribution in [0, 0.1) is 6.92 Å². The molecule has 0 spiro atoms. The summed E-state index contributed by atoms with van der Waals surface area (Å²) in [6.45, 7) is 5.09. The SMILES string of the molecule is Cc1ccc(CN(Cc2ccc3c(c2)OCO3)CC(O)COCc2ccccc2)cc1. The van der Waals surface area contributed by atoms with E-state index in [0.29, 0.717) is 26.3 Å². The van der Waals surface area contributed by atoms with Gasteiger partial charge in [-0.2, -0.15) is 0 Å². The number of hydrogen-bond donors (Lipinski definition) is 1. The van der Waals surface area contributed by atoms with E-state index in [0.717, 1.165) is 29.2 Å². The molecule has 162 valence electrons. The van der Waals surface area contributed by atoms with Crippen molar-refractivity contribution in [3.8, 4) is 11.5 Å². The fourth-order valence-corrected chi connectivity index (χ4v) is 3.67. The summed E-state index contributed by atoms with van der Waals surface area (Å²) in [5.41, 5.74) is 4.67. The number of fused-ring (bicyclic) bond motifs is 1. The molecule has 0 radical (unpaired) electrons. The first kappa shape index (κ1) is 21.4. The molecule has 1 N–H and O–H groups in total. The van der Waals surface area contributed by atoms with Crippen molar-refractivity contribution in [1.82, 2.24) is 4.90 Å². The third kappa shape index (κ3) is 6.31. The van der Waals surface area contributed by atoms with E-state index in [4.69, 9.17) is 14.2 Å². The molecule has 4 rings (SSSR count). The van der Waals surface area contributed by atoms with Crippen LogP contribution in [0.5, 0.6) is 11.5 Å². The van der Waals surface area contributed by atoms with Gasteiger partial charge >= 0.3 is 0 Å². The van der Waals surface area contributed by atoms with Gasteiger partial charge in [-0.15, -0.1) is 0 Å².